The number of rotatable bonds is 6. The number of nitrogens with two attached hydrogens (primary N) is 1. The van der Waals surface area contributed by atoms with Crippen molar-refractivity contribution in [3.05, 3.63) is 23.8 Å². The van der Waals surface area contributed by atoms with Crippen LogP contribution in [0.15, 0.2) is 18.2 Å². The summed E-state index contributed by atoms with van der Waals surface area (Å²) in [6.07, 6.45) is 0. The van der Waals surface area contributed by atoms with Crippen LogP contribution in [0.4, 0.5) is 14.5 Å². The lowest BCUT2D eigenvalue weighted by Gasteiger charge is -2.25. The lowest BCUT2D eigenvalue weighted by Crippen LogP contribution is -2.36. The van der Waals surface area contributed by atoms with Crippen molar-refractivity contribution >= 4 is 18.1 Å². The molecular formula is C13H21ClF2N2O2. The molecule has 0 aliphatic rings. The van der Waals surface area contributed by atoms with Gasteiger partial charge < -0.3 is 20.8 Å². The number of aliphatic hydroxyl groups is 1. The minimum Gasteiger partial charge on any atom is -0.508 e. The van der Waals surface area contributed by atoms with Crippen molar-refractivity contribution in [2.45, 2.75) is 25.8 Å². The zero-order chi connectivity index (χ0) is 14.6. The fourth-order valence-electron chi connectivity index (χ4n) is 1.91. The van der Waals surface area contributed by atoms with E-state index in [1.54, 1.807) is 6.07 Å². The Labute approximate surface area is 123 Å². The molecule has 4 nitrogen and oxygen atoms in total. The molecule has 0 bridgehead atoms. The number of phenolic OH excluding ortho intramolecular Hbond substituents is 1. The van der Waals surface area contributed by atoms with Gasteiger partial charge in [-0.1, -0.05) is 6.07 Å². The van der Waals surface area contributed by atoms with Crippen LogP contribution in [0, 0.1) is 0 Å². The van der Waals surface area contributed by atoms with Gasteiger partial charge >= 0.3 is 0 Å². The van der Waals surface area contributed by atoms with Crippen molar-refractivity contribution in [3.8, 4) is 5.75 Å². The molecule has 0 amide bonds. The van der Waals surface area contributed by atoms with Gasteiger partial charge in [0.25, 0.3) is 5.92 Å². The number of anilines is 1. The average molecular weight is 311 g/mol. The molecule has 0 fully saturated rings. The second-order valence-electron chi connectivity index (χ2n) is 4.31. The zero-order valence-corrected chi connectivity index (χ0v) is 12.3. The van der Waals surface area contributed by atoms with Gasteiger partial charge in [-0.2, -0.15) is 0 Å². The van der Waals surface area contributed by atoms with Crippen LogP contribution >= 0.6 is 12.4 Å². The Morgan fingerprint density at radius 2 is 1.85 bits per heavy atom. The van der Waals surface area contributed by atoms with E-state index in [0.29, 0.717) is 0 Å². The van der Waals surface area contributed by atoms with Gasteiger partial charge in [0.05, 0.1) is 0 Å². The highest BCUT2D eigenvalue weighted by atomic mass is 35.5. The zero-order valence-electron chi connectivity index (χ0n) is 11.5. The Hall–Kier alpha value is -1.11. The summed E-state index contributed by atoms with van der Waals surface area (Å²) in [6, 6.07) is 2.69. The molecule has 0 saturated carbocycles. The van der Waals surface area contributed by atoms with Crippen LogP contribution in [0.2, 0.25) is 0 Å². The van der Waals surface area contributed by atoms with Gasteiger partial charge in [-0.3, -0.25) is 0 Å². The summed E-state index contributed by atoms with van der Waals surface area (Å²) in [5.41, 5.74) is 6.06. The number of hydrogen-bond donors (Lipinski definition) is 3. The van der Waals surface area contributed by atoms with E-state index in [-0.39, 0.29) is 23.7 Å². The van der Waals surface area contributed by atoms with E-state index in [2.05, 4.69) is 0 Å². The topological polar surface area (TPSA) is 69.7 Å². The first-order valence-electron chi connectivity index (χ1n) is 6.19. The predicted octanol–water partition coefficient (Wildman–Crippen LogP) is 2.29. The first-order chi connectivity index (χ1) is 8.87. The van der Waals surface area contributed by atoms with Crippen molar-refractivity contribution in [2.75, 3.05) is 24.6 Å². The number of phenols is 1. The summed E-state index contributed by atoms with van der Waals surface area (Å²) >= 11 is 0. The van der Waals surface area contributed by atoms with Crippen LogP contribution in [0.25, 0.3) is 0 Å². The predicted molar refractivity (Wildman–Crippen MR) is 77.9 cm³/mol. The molecule has 1 aromatic carbocycles. The van der Waals surface area contributed by atoms with Crippen LogP contribution < -0.4 is 10.6 Å². The summed E-state index contributed by atoms with van der Waals surface area (Å²) < 4.78 is 26.6. The number of benzene rings is 1. The first kappa shape index (κ1) is 18.9. The van der Waals surface area contributed by atoms with Crippen molar-refractivity contribution in [2.24, 2.45) is 5.73 Å². The molecule has 0 spiro atoms. The molecule has 0 unspecified atom stereocenters. The van der Waals surface area contributed by atoms with Gasteiger partial charge in [0.15, 0.2) is 0 Å². The minimum atomic E-state index is -3.46. The number of hydrogen-bond acceptors (Lipinski definition) is 4. The number of aromatic hydroxyl groups is 1. The number of nitrogens with zero attached hydrogens (tertiary/aromatic N) is 1. The van der Waals surface area contributed by atoms with E-state index in [1.807, 2.05) is 18.7 Å². The lowest BCUT2D eigenvalue weighted by molar-refractivity contribution is -0.0715. The molecule has 0 aliphatic heterocycles. The molecule has 4 N–H and O–H groups in total. The highest BCUT2D eigenvalue weighted by Gasteiger charge is 2.38. The third-order valence-electron chi connectivity index (χ3n) is 3.14. The maximum absolute atomic E-state index is 13.3. The van der Waals surface area contributed by atoms with Gasteiger partial charge in [0.1, 0.15) is 18.4 Å². The molecule has 20 heavy (non-hydrogen) atoms. The highest BCUT2D eigenvalue weighted by Crippen LogP contribution is 2.35. The molecule has 0 heterocycles. The van der Waals surface area contributed by atoms with Crippen LogP contribution in [0.1, 0.15) is 25.5 Å². The fourth-order valence-corrected chi connectivity index (χ4v) is 1.91. The summed E-state index contributed by atoms with van der Waals surface area (Å²) in [5, 5.41) is 18.5. The third kappa shape index (κ3) is 3.94. The van der Waals surface area contributed by atoms with E-state index in [9.17, 15) is 13.9 Å². The summed E-state index contributed by atoms with van der Waals surface area (Å²) in [6.45, 7) is 4.05. The maximum Gasteiger partial charge on any atom is 0.289 e. The van der Waals surface area contributed by atoms with Crippen LogP contribution in [0.3, 0.4) is 0 Å². The Kier molecular flexibility index (Phi) is 7.19. The Bertz CT molecular complexity index is 429. The molecule has 1 atom stereocenters. The Morgan fingerprint density at radius 1 is 1.30 bits per heavy atom. The molecule has 0 saturated heterocycles. The van der Waals surface area contributed by atoms with Gasteiger partial charge in [-0.05, 0) is 19.9 Å². The summed E-state index contributed by atoms with van der Waals surface area (Å²) in [5.74, 6) is -3.75. The lowest BCUT2D eigenvalue weighted by atomic mass is 10.00. The molecule has 0 aliphatic carbocycles. The van der Waals surface area contributed by atoms with E-state index >= 15 is 0 Å². The van der Waals surface area contributed by atoms with Crippen molar-refractivity contribution in [3.63, 3.8) is 0 Å². The van der Waals surface area contributed by atoms with E-state index in [1.165, 1.54) is 12.1 Å². The Morgan fingerprint density at radius 3 is 2.25 bits per heavy atom. The smallest absolute Gasteiger partial charge is 0.289 e. The number of halogens is 3. The Balaban J connectivity index is 0.00000361. The molecule has 116 valence electrons. The van der Waals surface area contributed by atoms with Crippen LogP contribution in [-0.2, 0) is 0 Å². The van der Waals surface area contributed by atoms with Gasteiger partial charge in [-0.15, -0.1) is 12.4 Å². The van der Waals surface area contributed by atoms with Crippen molar-refractivity contribution in [1.29, 1.82) is 0 Å². The largest absolute Gasteiger partial charge is 0.508 e. The van der Waals surface area contributed by atoms with E-state index in [0.717, 1.165) is 18.8 Å². The van der Waals surface area contributed by atoms with Gasteiger partial charge in [0.2, 0.25) is 0 Å². The number of aliphatic hydroxyl groups excluding tert-OH is 1. The van der Waals surface area contributed by atoms with E-state index in [4.69, 9.17) is 10.8 Å². The maximum atomic E-state index is 13.3. The molecular weight excluding hydrogens is 290 g/mol. The minimum absolute atomic E-state index is 0. The van der Waals surface area contributed by atoms with Crippen molar-refractivity contribution < 1.29 is 19.0 Å². The number of alkyl halides is 2. The normalized spacial score (nSPS) is 12.7. The quantitative estimate of drug-likeness (QED) is 0.754. The monoisotopic (exact) mass is 310 g/mol. The third-order valence-corrected chi connectivity index (χ3v) is 3.14. The summed E-state index contributed by atoms with van der Waals surface area (Å²) in [4.78, 5) is 1.97. The van der Waals surface area contributed by atoms with E-state index < -0.39 is 18.6 Å². The van der Waals surface area contributed by atoms with Crippen LogP contribution in [0.5, 0.6) is 5.75 Å². The second-order valence-corrected chi connectivity index (χ2v) is 4.31. The average Bonchev–Trinajstić information content (AvgIpc) is 2.39. The standard InChI is InChI=1S/C13H20F2N2O2.ClH/c1-3-17(4-2)9-5-6-10(11(19)7-9)12(16)13(14,15)8-18;/h5-7,12,18-19H,3-4,8,16H2,1-2H3;1H/t12-;/m1./s1. The highest BCUT2D eigenvalue weighted by molar-refractivity contribution is 5.85. The van der Waals surface area contributed by atoms with Gasteiger partial charge in [-0.25, -0.2) is 8.78 Å². The molecule has 1 aromatic rings. The second kappa shape index (κ2) is 7.61. The SMILES string of the molecule is CCN(CC)c1ccc([C@@H](N)C(F)(F)CO)c(O)c1.Cl. The molecule has 0 aromatic heterocycles. The van der Waals surface area contributed by atoms with Gasteiger partial charge in [0, 0.05) is 30.4 Å². The van der Waals surface area contributed by atoms with Crippen LogP contribution in [-0.4, -0.2) is 35.8 Å². The molecule has 0 radical (unpaired) electrons. The molecule has 1 rings (SSSR count). The molecule has 7 heteroatoms. The summed E-state index contributed by atoms with van der Waals surface area (Å²) in [7, 11) is 0. The fraction of sp³-hybridized carbons (Fsp3) is 0.538. The first-order valence-corrected chi connectivity index (χ1v) is 6.19. The van der Waals surface area contributed by atoms with Crippen molar-refractivity contribution in [1.82, 2.24) is 0 Å².